The summed E-state index contributed by atoms with van der Waals surface area (Å²) in [6, 6.07) is 0. The van der Waals surface area contributed by atoms with Crippen molar-refractivity contribution in [2.24, 2.45) is 0 Å². The van der Waals surface area contributed by atoms with Crippen LogP contribution in [0.5, 0.6) is 0 Å². The second kappa shape index (κ2) is 10.5. The van der Waals surface area contributed by atoms with Crippen LogP contribution in [0, 0.1) is 0 Å². The Morgan fingerprint density at radius 1 is 1.11 bits per heavy atom. The molecule has 0 aromatic rings. The Hall–Kier alpha value is -1.44. The van der Waals surface area contributed by atoms with E-state index in [-0.39, 0.29) is 38.6 Å². The van der Waals surface area contributed by atoms with Crippen LogP contribution in [0.4, 0.5) is 0 Å². The standard InChI is InChI=1S/C12H20O7/c1-9(2)12(15)19-11(18-10(3)14)8-17-7-6-16-5-4-13/h11,13H,1,4-8H2,2-3H3. The molecule has 0 aliphatic carbocycles. The van der Waals surface area contributed by atoms with Crippen LogP contribution in [0.3, 0.4) is 0 Å². The van der Waals surface area contributed by atoms with Gasteiger partial charge in [-0.3, -0.25) is 4.79 Å². The normalized spacial score (nSPS) is 11.7. The molecule has 7 nitrogen and oxygen atoms in total. The third kappa shape index (κ3) is 10.2. The number of esters is 2. The molecular formula is C12H20O7. The van der Waals surface area contributed by atoms with Crippen molar-refractivity contribution in [3.8, 4) is 0 Å². The van der Waals surface area contributed by atoms with E-state index in [9.17, 15) is 9.59 Å². The van der Waals surface area contributed by atoms with Gasteiger partial charge in [-0.25, -0.2) is 4.79 Å². The van der Waals surface area contributed by atoms with Crippen LogP contribution in [0.15, 0.2) is 12.2 Å². The largest absolute Gasteiger partial charge is 0.423 e. The third-order valence-electron chi connectivity index (χ3n) is 1.75. The molecule has 19 heavy (non-hydrogen) atoms. The zero-order chi connectivity index (χ0) is 14.7. The van der Waals surface area contributed by atoms with Gasteiger partial charge in [0.25, 0.3) is 6.29 Å². The Balaban J connectivity index is 3.96. The number of hydrogen-bond donors (Lipinski definition) is 1. The summed E-state index contributed by atoms with van der Waals surface area (Å²) in [7, 11) is 0. The molecule has 110 valence electrons. The molecule has 0 radical (unpaired) electrons. The van der Waals surface area contributed by atoms with Crippen molar-refractivity contribution in [2.75, 3.05) is 33.0 Å². The third-order valence-corrected chi connectivity index (χ3v) is 1.75. The Morgan fingerprint density at radius 2 is 1.74 bits per heavy atom. The van der Waals surface area contributed by atoms with E-state index in [1.807, 2.05) is 0 Å². The summed E-state index contributed by atoms with van der Waals surface area (Å²) in [6.07, 6.45) is -1.11. The average Bonchev–Trinajstić information content (AvgIpc) is 2.32. The topological polar surface area (TPSA) is 91.3 Å². The number of carbonyl (C=O) groups excluding carboxylic acids is 2. The maximum Gasteiger partial charge on any atom is 0.336 e. The highest BCUT2D eigenvalue weighted by Gasteiger charge is 2.17. The monoisotopic (exact) mass is 276 g/mol. The predicted octanol–water partition coefficient (Wildman–Crippen LogP) is 0.0204. The Bertz CT molecular complexity index is 300. The fourth-order valence-corrected chi connectivity index (χ4v) is 0.961. The lowest BCUT2D eigenvalue weighted by Crippen LogP contribution is -2.29. The molecule has 0 rings (SSSR count). The maximum absolute atomic E-state index is 11.3. The number of aliphatic hydroxyl groups excluding tert-OH is 1. The molecular weight excluding hydrogens is 256 g/mol. The van der Waals surface area contributed by atoms with E-state index in [0.29, 0.717) is 0 Å². The lowest BCUT2D eigenvalue weighted by Gasteiger charge is -2.17. The molecule has 0 fully saturated rings. The number of rotatable bonds is 10. The molecule has 0 aromatic carbocycles. The number of carbonyl (C=O) groups is 2. The van der Waals surface area contributed by atoms with Crippen LogP contribution in [0.25, 0.3) is 0 Å². The van der Waals surface area contributed by atoms with Crippen LogP contribution in [-0.4, -0.2) is 56.4 Å². The van der Waals surface area contributed by atoms with Crippen LogP contribution >= 0.6 is 0 Å². The van der Waals surface area contributed by atoms with Crippen molar-refractivity contribution in [1.29, 1.82) is 0 Å². The van der Waals surface area contributed by atoms with Crippen molar-refractivity contribution in [1.82, 2.24) is 0 Å². The molecule has 1 unspecified atom stereocenters. The Morgan fingerprint density at radius 3 is 2.26 bits per heavy atom. The van der Waals surface area contributed by atoms with Crippen LogP contribution in [-0.2, 0) is 28.5 Å². The van der Waals surface area contributed by atoms with E-state index in [0.717, 1.165) is 0 Å². The highest BCUT2D eigenvalue weighted by atomic mass is 16.7. The summed E-state index contributed by atoms with van der Waals surface area (Å²) in [5, 5.41) is 8.47. The summed E-state index contributed by atoms with van der Waals surface area (Å²) >= 11 is 0. The van der Waals surface area contributed by atoms with E-state index in [1.165, 1.54) is 13.8 Å². The van der Waals surface area contributed by atoms with Gasteiger partial charge in [-0.05, 0) is 6.92 Å². The van der Waals surface area contributed by atoms with Gasteiger partial charge >= 0.3 is 11.9 Å². The zero-order valence-electron chi connectivity index (χ0n) is 11.2. The number of hydrogen-bond acceptors (Lipinski definition) is 7. The van der Waals surface area contributed by atoms with Gasteiger partial charge in [0.2, 0.25) is 0 Å². The van der Waals surface area contributed by atoms with Gasteiger partial charge in [0.05, 0.1) is 26.4 Å². The highest BCUT2D eigenvalue weighted by Crippen LogP contribution is 2.02. The first-order valence-electron chi connectivity index (χ1n) is 5.77. The van der Waals surface area contributed by atoms with Gasteiger partial charge in [-0.1, -0.05) is 6.58 Å². The summed E-state index contributed by atoms with van der Waals surface area (Å²) < 4.78 is 19.7. The Labute approximate surface area is 112 Å². The highest BCUT2D eigenvalue weighted by molar-refractivity contribution is 5.87. The maximum atomic E-state index is 11.3. The lowest BCUT2D eigenvalue weighted by atomic mass is 10.4. The van der Waals surface area contributed by atoms with E-state index >= 15 is 0 Å². The fraction of sp³-hybridized carbons (Fsp3) is 0.667. The van der Waals surface area contributed by atoms with Crippen molar-refractivity contribution in [3.63, 3.8) is 0 Å². The molecule has 0 amide bonds. The smallest absolute Gasteiger partial charge is 0.336 e. The van der Waals surface area contributed by atoms with Gasteiger partial charge in [-0.2, -0.15) is 0 Å². The molecule has 0 aliphatic rings. The van der Waals surface area contributed by atoms with Crippen molar-refractivity contribution < 1.29 is 33.6 Å². The first kappa shape index (κ1) is 17.6. The summed E-state index contributed by atoms with van der Waals surface area (Å²) in [6.45, 7) is 6.67. The zero-order valence-corrected chi connectivity index (χ0v) is 11.2. The second-order valence-electron chi connectivity index (χ2n) is 3.64. The van der Waals surface area contributed by atoms with Gasteiger partial charge in [-0.15, -0.1) is 0 Å². The van der Waals surface area contributed by atoms with E-state index in [1.54, 1.807) is 0 Å². The minimum atomic E-state index is -1.11. The molecule has 0 aromatic heterocycles. The first-order chi connectivity index (χ1) is 8.97. The molecule has 0 saturated carbocycles. The minimum absolute atomic E-state index is 0.0632. The molecule has 0 saturated heterocycles. The minimum Gasteiger partial charge on any atom is -0.423 e. The van der Waals surface area contributed by atoms with Gasteiger partial charge in [0.1, 0.15) is 6.61 Å². The van der Waals surface area contributed by atoms with E-state index in [2.05, 4.69) is 6.58 Å². The van der Waals surface area contributed by atoms with Crippen LogP contribution in [0.1, 0.15) is 13.8 Å². The Kier molecular flexibility index (Phi) is 9.69. The van der Waals surface area contributed by atoms with Crippen LogP contribution < -0.4 is 0 Å². The van der Waals surface area contributed by atoms with Crippen molar-refractivity contribution in [3.05, 3.63) is 12.2 Å². The lowest BCUT2D eigenvalue weighted by molar-refractivity contribution is -0.193. The average molecular weight is 276 g/mol. The summed E-state index contributed by atoms with van der Waals surface area (Å²) in [4.78, 5) is 22.1. The number of ether oxygens (including phenoxy) is 4. The van der Waals surface area contributed by atoms with Gasteiger partial charge in [0, 0.05) is 12.5 Å². The molecule has 7 heteroatoms. The van der Waals surface area contributed by atoms with Gasteiger partial charge in [0.15, 0.2) is 0 Å². The predicted molar refractivity (Wildman–Crippen MR) is 65.2 cm³/mol. The van der Waals surface area contributed by atoms with E-state index < -0.39 is 18.2 Å². The SMILES string of the molecule is C=C(C)C(=O)OC(COCCOCCO)OC(C)=O. The van der Waals surface area contributed by atoms with Crippen molar-refractivity contribution in [2.45, 2.75) is 20.1 Å². The molecule has 1 atom stereocenters. The summed E-state index contributed by atoms with van der Waals surface area (Å²) in [5.74, 6) is -1.24. The van der Waals surface area contributed by atoms with E-state index in [4.69, 9.17) is 24.1 Å². The molecule has 0 bridgehead atoms. The second-order valence-corrected chi connectivity index (χ2v) is 3.64. The van der Waals surface area contributed by atoms with Gasteiger partial charge < -0.3 is 24.1 Å². The molecule has 0 aliphatic heterocycles. The fourth-order valence-electron chi connectivity index (χ4n) is 0.961. The number of aliphatic hydroxyl groups is 1. The molecule has 0 spiro atoms. The molecule has 1 N–H and O–H groups in total. The molecule has 0 heterocycles. The van der Waals surface area contributed by atoms with Crippen LogP contribution in [0.2, 0.25) is 0 Å². The summed E-state index contributed by atoms with van der Waals surface area (Å²) in [5.41, 5.74) is 0.198. The van der Waals surface area contributed by atoms with Crippen molar-refractivity contribution >= 4 is 11.9 Å². The quantitative estimate of drug-likeness (QED) is 0.260. The first-order valence-corrected chi connectivity index (χ1v) is 5.77.